The molecule has 11 nitrogen and oxygen atoms in total. The lowest BCUT2D eigenvalue weighted by molar-refractivity contribution is -0.385. The summed E-state index contributed by atoms with van der Waals surface area (Å²) in [5, 5.41) is 26.2. The first kappa shape index (κ1) is 13.3. The molecule has 20 heavy (non-hydrogen) atoms. The molecule has 0 bridgehead atoms. The second-order valence-electron chi connectivity index (χ2n) is 3.72. The highest BCUT2D eigenvalue weighted by Crippen LogP contribution is 2.04. The Balaban J connectivity index is 2.13. The number of carboxylic acid groups (broad SMARTS) is 1. The predicted octanol–water partition coefficient (Wildman–Crippen LogP) is -0.859. The molecule has 104 valence electrons. The van der Waals surface area contributed by atoms with Crippen molar-refractivity contribution in [2.75, 3.05) is 0 Å². The Bertz CT molecular complexity index is 720. The Labute approximate surface area is 110 Å². The van der Waals surface area contributed by atoms with Crippen LogP contribution < -0.4 is 5.69 Å². The van der Waals surface area contributed by atoms with E-state index in [4.69, 9.17) is 5.11 Å². The molecule has 0 aliphatic heterocycles. The van der Waals surface area contributed by atoms with Gasteiger partial charge in [0.05, 0.1) is 23.9 Å². The van der Waals surface area contributed by atoms with Gasteiger partial charge >= 0.3 is 17.3 Å². The Morgan fingerprint density at radius 2 is 2.15 bits per heavy atom. The first-order valence-corrected chi connectivity index (χ1v) is 5.31. The molecule has 2 aromatic heterocycles. The molecule has 2 heterocycles. The molecular weight excluding hydrogens is 272 g/mol. The maximum Gasteiger partial charge on any atom is 0.358 e. The first-order valence-electron chi connectivity index (χ1n) is 5.31. The highest BCUT2D eigenvalue weighted by atomic mass is 16.6. The van der Waals surface area contributed by atoms with Crippen LogP contribution in [0.5, 0.6) is 0 Å². The minimum absolute atomic E-state index is 0.0515. The number of aryl methyl sites for hydroxylation is 2. The molecule has 0 aliphatic rings. The van der Waals surface area contributed by atoms with Gasteiger partial charge in [-0.15, -0.1) is 5.10 Å². The van der Waals surface area contributed by atoms with Crippen molar-refractivity contribution in [3.05, 3.63) is 44.9 Å². The third-order valence-electron chi connectivity index (χ3n) is 2.38. The van der Waals surface area contributed by atoms with Gasteiger partial charge in [0.25, 0.3) is 0 Å². The van der Waals surface area contributed by atoms with Crippen molar-refractivity contribution in [3.8, 4) is 0 Å². The van der Waals surface area contributed by atoms with Crippen LogP contribution in [0.3, 0.4) is 0 Å². The lowest BCUT2D eigenvalue weighted by atomic mass is 10.5. The van der Waals surface area contributed by atoms with E-state index in [1.807, 2.05) is 0 Å². The number of nitro groups is 1. The number of nitrogens with zero attached hydrogens (tertiary/aromatic N) is 6. The minimum Gasteiger partial charge on any atom is -0.476 e. The van der Waals surface area contributed by atoms with Crippen LogP contribution in [0.25, 0.3) is 0 Å². The van der Waals surface area contributed by atoms with Gasteiger partial charge in [0.1, 0.15) is 6.20 Å². The van der Waals surface area contributed by atoms with Crippen molar-refractivity contribution in [1.29, 1.82) is 0 Å². The Morgan fingerprint density at radius 1 is 1.40 bits per heavy atom. The summed E-state index contributed by atoms with van der Waals surface area (Å²) in [6.45, 7) is 0.180. The van der Waals surface area contributed by atoms with E-state index >= 15 is 0 Å². The van der Waals surface area contributed by atoms with Gasteiger partial charge in [0.15, 0.2) is 5.69 Å². The summed E-state index contributed by atoms with van der Waals surface area (Å²) in [4.78, 5) is 35.3. The monoisotopic (exact) mass is 280 g/mol. The fraction of sp³-hybridized carbons (Fsp3) is 0.222. The van der Waals surface area contributed by atoms with Crippen LogP contribution >= 0.6 is 0 Å². The number of aromatic carboxylic acids is 1. The molecule has 0 aromatic carbocycles. The van der Waals surface area contributed by atoms with Gasteiger partial charge < -0.3 is 5.11 Å². The fourth-order valence-electron chi connectivity index (χ4n) is 1.41. The molecule has 0 spiro atoms. The Hall–Kier alpha value is -3.11. The smallest absolute Gasteiger partial charge is 0.358 e. The molecule has 0 amide bonds. The summed E-state index contributed by atoms with van der Waals surface area (Å²) in [5.74, 6) is -1.22. The van der Waals surface area contributed by atoms with E-state index < -0.39 is 16.6 Å². The van der Waals surface area contributed by atoms with Gasteiger partial charge in [0.2, 0.25) is 0 Å². The second kappa shape index (κ2) is 5.26. The average molecular weight is 280 g/mol. The van der Waals surface area contributed by atoms with Gasteiger partial charge in [-0.05, 0) is 0 Å². The fourth-order valence-corrected chi connectivity index (χ4v) is 1.41. The zero-order valence-electron chi connectivity index (χ0n) is 9.91. The molecule has 0 atom stereocenters. The van der Waals surface area contributed by atoms with Crippen LogP contribution in [-0.4, -0.2) is 40.5 Å². The molecule has 1 N–H and O–H groups in total. The summed E-state index contributed by atoms with van der Waals surface area (Å²) in [5.41, 5.74) is -1.18. The van der Waals surface area contributed by atoms with E-state index in [0.29, 0.717) is 0 Å². The third kappa shape index (κ3) is 2.82. The largest absolute Gasteiger partial charge is 0.476 e. The average Bonchev–Trinajstić information content (AvgIpc) is 2.86. The molecule has 2 aromatic rings. The van der Waals surface area contributed by atoms with Gasteiger partial charge in [0, 0.05) is 6.54 Å². The number of hydrogen-bond donors (Lipinski definition) is 1. The number of carbonyl (C=O) groups is 1. The molecule has 0 saturated heterocycles. The molecule has 2 rings (SSSR count). The van der Waals surface area contributed by atoms with E-state index in [9.17, 15) is 19.7 Å². The highest BCUT2D eigenvalue weighted by Gasteiger charge is 2.11. The molecule has 0 unspecified atom stereocenters. The van der Waals surface area contributed by atoms with E-state index in [2.05, 4.69) is 15.3 Å². The lowest BCUT2D eigenvalue weighted by Gasteiger charge is -2.03. The Kier molecular flexibility index (Phi) is 3.50. The maximum atomic E-state index is 11.4. The molecule has 0 saturated carbocycles. The molecule has 0 aliphatic carbocycles. The van der Waals surface area contributed by atoms with Crippen molar-refractivity contribution in [2.24, 2.45) is 0 Å². The topological polar surface area (TPSA) is 146 Å². The van der Waals surface area contributed by atoms with Crippen LogP contribution in [-0.2, 0) is 13.1 Å². The summed E-state index contributed by atoms with van der Waals surface area (Å²) in [7, 11) is 0. The quantitative estimate of drug-likeness (QED) is 0.549. The predicted molar refractivity (Wildman–Crippen MR) is 62.1 cm³/mol. The number of hydrogen-bond acceptors (Lipinski definition) is 7. The van der Waals surface area contributed by atoms with Crippen LogP contribution in [0.4, 0.5) is 5.69 Å². The summed E-state index contributed by atoms with van der Waals surface area (Å²) in [6, 6.07) is 0. The van der Waals surface area contributed by atoms with E-state index in [-0.39, 0.29) is 24.5 Å². The molecule has 0 radical (unpaired) electrons. The summed E-state index contributed by atoms with van der Waals surface area (Å²) in [6.07, 6.45) is 3.12. The number of aromatic nitrogens is 5. The first-order chi connectivity index (χ1) is 9.47. The van der Waals surface area contributed by atoms with Gasteiger partial charge in [-0.3, -0.25) is 14.7 Å². The van der Waals surface area contributed by atoms with Crippen molar-refractivity contribution in [1.82, 2.24) is 24.5 Å². The lowest BCUT2D eigenvalue weighted by Crippen LogP contribution is -2.24. The molecule has 11 heteroatoms. The minimum atomic E-state index is -1.22. The van der Waals surface area contributed by atoms with Crippen molar-refractivity contribution < 1.29 is 14.8 Å². The van der Waals surface area contributed by atoms with E-state index in [0.717, 1.165) is 17.0 Å². The van der Waals surface area contributed by atoms with Gasteiger partial charge in [-0.2, -0.15) is 4.98 Å². The number of carboxylic acids is 1. The van der Waals surface area contributed by atoms with Crippen LogP contribution in [0, 0.1) is 10.1 Å². The van der Waals surface area contributed by atoms with E-state index in [1.165, 1.54) is 10.9 Å². The summed E-state index contributed by atoms with van der Waals surface area (Å²) >= 11 is 0. The van der Waals surface area contributed by atoms with Crippen molar-refractivity contribution in [3.63, 3.8) is 0 Å². The molecular formula is C9H8N6O5. The van der Waals surface area contributed by atoms with Gasteiger partial charge in [-0.25, -0.2) is 14.3 Å². The maximum absolute atomic E-state index is 11.4. The van der Waals surface area contributed by atoms with Crippen LogP contribution in [0.1, 0.15) is 10.5 Å². The normalized spacial score (nSPS) is 10.4. The molecule has 0 fully saturated rings. The number of rotatable bonds is 5. The van der Waals surface area contributed by atoms with Crippen molar-refractivity contribution >= 4 is 11.7 Å². The Morgan fingerprint density at radius 3 is 2.75 bits per heavy atom. The van der Waals surface area contributed by atoms with Crippen molar-refractivity contribution in [2.45, 2.75) is 13.1 Å². The van der Waals surface area contributed by atoms with Crippen LogP contribution in [0.2, 0.25) is 0 Å². The SMILES string of the molecule is O=C(O)c1cn(CCn2cc([N+](=O)[O-])cnc2=O)nn1. The third-order valence-corrected chi connectivity index (χ3v) is 2.38. The summed E-state index contributed by atoms with van der Waals surface area (Å²) < 4.78 is 2.26. The standard InChI is InChI=1S/C9H8N6O5/c16-8(17)7-5-14(12-11-7)2-1-13-4-6(15(19)20)3-10-9(13)18/h3-5H,1-2H2,(H,16,17). The van der Waals surface area contributed by atoms with Crippen LogP contribution in [0.15, 0.2) is 23.4 Å². The zero-order chi connectivity index (χ0) is 14.7. The zero-order valence-corrected chi connectivity index (χ0v) is 9.91. The highest BCUT2D eigenvalue weighted by molar-refractivity contribution is 5.84. The van der Waals surface area contributed by atoms with Gasteiger partial charge in [-0.1, -0.05) is 5.21 Å². The van der Waals surface area contributed by atoms with E-state index in [1.54, 1.807) is 0 Å². The second-order valence-corrected chi connectivity index (χ2v) is 3.72.